The number of rotatable bonds is 4. The molecule has 21 heavy (non-hydrogen) atoms. The lowest BCUT2D eigenvalue weighted by Crippen LogP contribution is -2.09. The number of halogens is 1. The van der Waals surface area contributed by atoms with Crippen molar-refractivity contribution in [3.8, 4) is 0 Å². The monoisotopic (exact) mass is 305 g/mol. The van der Waals surface area contributed by atoms with Crippen molar-refractivity contribution in [2.75, 3.05) is 11.6 Å². The quantitative estimate of drug-likeness (QED) is 0.943. The van der Waals surface area contributed by atoms with Crippen LogP contribution in [0.1, 0.15) is 17.9 Å². The summed E-state index contributed by atoms with van der Waals surface area (Å²) in [7, 11) is -3.25. The Balaban J connectivity index is 1.77. The van der Waals surface area contributed by atoms with Gasteiger partial charge in [0.25, 0.3) is 0 Å². The molecule has 3 rings (SSSR count). The first-order valence-corrected chi connectivity index (χ1v) is 8.65. The van der Waals surface area contributed by atoms with Gasteiger partial charge in [-0.25, -0.2) is 12.8 Å². The van der Waals surface area contributed by atoms with Crippen molar-refractivity contribution >= 4 is 15.5 Å². The van der Waals surface area contributed by atoms with E-state index >= 15 is 0 Å². The average Bonchev–Trinajstić information content (AvgIpc) is 3.18. The Morgan fingerprint density at radius 2 is 1.76 bits per heavy atom. The van der Waals surface area contributed by atoms with Crippen LogP contribution in [-0.2, 0) is 9.84 Å². The van der Waals surface area contributed by atoms with E-state index in [2.05, 4.69) is 5.32 Å². The molecule has 1 aliphatic rings. The highest BCUT2D eigenvalue weighted by Gasteiger charge is 2.38. The first-order chi connectivity index (χ1) is 9.95. The molecule has 2 aromatic rings. The zero-order chi connectivity index (χ0) is 15.0. The highest BCUT2D eigenvalue weighted by atomic mass is 32.2. The van der Waals surface area contributed by atoms with E-state index < -0.39 is 9.84 Å². The number of hydrogen-bond acceptors (Lipinski definition) is 3. The molecule has 0 bridgehead atoms. The maximum atomic E-state index is 12.9. The van der Waals surface area contributed by atoms with Crippen LogP contribution in [0.4, 0.5) is 10.1 Å². The van der Waals surface area contributed by atoms with Crippen molar-refractivity contribution in [2.24, 2.45) is 0 Å². The van der Waals surface area contributed by atoms with Gasteiger partial charge in [0.1, 0.15) is 5.82 Å². The maximum Gasteiger partial charge on any atom is 0.177 e. The van der Waals surface area contributed by atoms with E-state index in [1.54, 1.807) is 30.3 Å². The van der Waals surface area contributed by atoms with Gasteiger partial charge in [-0.05, 0) is 36.2 Å². The van der Waals surface area contributed by atoms with Crippen molar-refractivity contribution in [3.05, 3.63) is 59.9 Å². The van der Waals surface area contributed by atoms with Crippen molar-refractivity contribution in [1.82, 2.24) is 0 Å². The fourth-order valence-electron chi connectivity index (χ4n) is 2.54. The molecule has 0 amide bonds. The molecule has 2 aromatic carbocycles. The lowest BCUT2D eigenvalue weighted by molar-refractivity contribution is 0.602. The molecule has 0 heterocycles. The predicted octanol–water partition coefficient (Wildman–Crippen LogP) is 3.20. The molecule has 0 spiro atoms. The second kappa shape index (κ2) is 5.15. The van der Waals surface area contributed by atoms with Crippen LogP contribution >= 0.6 is 0 Å². The van der Waals surface area contributed by atoms with Gasteiger partial charge in [0, 0.05) is 18.2 Å². The molecular formula is C16H16FNO2S. The summed E-state index contributed by atoms with van der Waals surface area (Å²) < 4.78 is 36.4. The molecule has 0 saturated heterocycles. The van der Waals surface area contributed by atoms with Crippen LogP contribution in [0.2, 0.25) is 0 Å². The minimum absolute atomic E-state index is 0.193. The molecule has 110 valence electrons. The Morgan fingerprint density at radius 3 is 2.43 bits per heavy atom. The Labute approximate surface area is 123 Å². The number of sulfone groups is 1. The van der Waals surface area contributed by atoms with Gasteiger partial charge in [-0.2, -0.15) is 0 Å². The standard InChI is InChI=1S/C16H16FNO2S/c1-21(19,20)16-5-3-2-4-14(16)18-15-10-13(15)11-6-8-12(17)9-7-11/h2-9,13,15,18H,10H2,1H3/t13-,15+/m0/s1. The summed E-state index contributed by atoms with van der Waals surface area (Å²) in [5.41, 5.74) is 1.71. The highest BCUT2D eigenvalue weighted by molar-refractivity contribution is 7.90. The minimum Gasteiger partial charge on any atom is -0.381 e. The zero-order valence-electron chi connectivity index (χ0n) is 11.6. The summed E-state index contributed by atoms with van der Waals surface area (Å²) in [6, 6.07) is 13.6. The third kappa shape index (κ3) is 3.08. The fourth-order valence-corrected chi connectivity index (χ4v) is 3.39. The maximum absolute atomic E-state index is 12.9. The van der Waals surface area contributed by atoms with E-state index in [-0.39, 0.29) is 11.9 Å². The van der Waals surface area contributed by atoms with E-state index in [1.807, 2.05) is 6.07 Å². The van der Waals surface area contributed by atoms with E-state index in [9.17, 15) is 12.8 Å². The number of benzene rings is 2. The predicted molar refractivity (Wildman–Crippen MR) is 80.7 cm³/mol. The molecule has 0 radical (unpaired) electrons. The molecule has 0 aromatic heterocycles. The minimum atomic E-state index is -3.25. The van der Waals surface area contributed by atoms with Gasteiger partial charge >= 0.3 is 0 Å². The number of para-hydroxylation sites is 1. The lowest BCUT2D eigenvalue weighted by Gasteiger charge is -2.10. The van der Waals surface area contributed by atoms with Crippen LogP contribution in [0, 0.1) is 5.82 Å². The van der Waals surface area contributed by atoms with Crippen molar-refractivity contribution in [3.63, 3.8) is 0 Å². The molecule has 1 N–H and O–H groups in total. The van der Waals surface area contributed by atoms with Crippen LogP contribution < -0.4 is 5.32 Å². The van der Waals surface area contributed by atoms with E-state index in [0.717, 1.165) is 12.0 Å². The first-order valence-electron chi connectivity index (χ1n) is 6.76. The van der Waals surface area contributed by atoms with E-state index in [4.69, 9.17) is 0 Å². The summed E-state index contributed by atoms with van der Waals surface area (Å²) in [5.74, 6) is 0.0598. The second-order valence-corrected chi connectivity index (χ2v) is 7.40. The van der Waals surface area contributed by atoms with Gasteiger partial charge < -0.3 is 5.32 Å². The molecule has 1 aliphatic carbocycles. The average molecular weight is 305 g/mol. The molecule has 1 saturated carbocycles. The Bertz CT molecular complexity index is 756. The number of nitrogens with one attached hydrogen (secondary N) is 1. The van der Waals surface area contributed by atoms with Gasteiger partial charge in [0.05, 0.1) is 10.6 Å². The molecule has 1 fully saturated rings. The summed E-state index contributed by atoms with van der Waals surface area (Å²) in [5, 5.41) is 3.28. The Morgan fingerprint density at radius 1 is 1.10 bits per heavy atom. The van der Waals surface area contributed by atoms with Gasteiger partial charge in [0.2, 0.25) is 0 Å². The lowest BCUT2D eigenvalue weighted by atomic mass is 10.1. The number of anilines is 1. The molecule has 2 atom stereocenters. The van der Waals surface area contributed by atoms with Crippen LogP contribution in [-0.4, -0.2) is 20.7 Å². The van der Waals surface area contributed by atoms with Crippen LogP contribution in [0.15, 0.2) is 53.4 Å². The third-order valence-corrected chi connectivity index (χ3v) is 4.87. The van der Waals surface area contributed by atoms with E-state index in [0.29, 0.717) is 16.5 Å². The SMILES string of the molecule is CS(=O)(=O)c1ccccc1N[C@@H]1C[C@H]1c1ccc(F)cc1. The van der Waals surface area contributed by atoms with E-state index in [1.165, 1.54) is 18.4 Å². The second-order valence-electron chi connectivity index (χ2n) is 5.41. The van der Waals surface area contributed by atoms with Crippen LogP contribution in [0.5, 0.6) is 0 Å². The molecule has 3 nitrogen and oxygen atoms in total. The third-order valence-electron chi connectivity index (χ3n) is 3.72. The smallest absolute Gasteiger partial charge is 0.177 e. The molecular weight excluding hydrogens is 289 g/mol. The fraction of sp³-hybridized carbons (Fsp3) is 0.250. The van der Waals surface area contributed by atoms with Gasteiger partial charge in [-0.1, -0.05) is 24.3 Å². The summed E-state index contributed by atoms with van der Waals surface area (Å²) in [4.78, 5) is 0.315. The highest BCUT2D eigenvalue weighted by Crippen LogP contribution is 2.43. The largest absolute Gasteiger partial charge is 0.381 e. The topological polar surface area (TPSA) is 46.2 Å². The van der Waals surface area contributed by atoms with Gasteiger partial charge in [-0.3, -0.25) is 0 Å². The summed E-state index contributed by atoms with van der Waals surface area (Å²) >= 11 is 0. The number of hydrogen-bond donors (Lipinski definition) is 1. The van der Waals surface area contributed by atoms with Gasteiger partial charge in [0.15, 0.2) is 9.84 Å². The Hall–Kier alpha value is -1.88. The summed E-state index contributed by atoms with van der Waals surface area (Å²) in [6.45, 7) is 0. The van der Waals surface area contributed by atoms with Crippen LogP contribution in [0.3, 0.4) is 0 Å². The zero-order valence-corrected chi connectivity index (χ0v) is 12.4. The molecule has 0 unspecified atom stereocenters. The van der Waals surface area contributed by atoms with Crippen LogP contribution in [0.25, 0.3) is 0 Å². The van der Waals surface area contributed by atoms with Gasteiger partial charge in [-0.15, -0.1) is 0 Å². The van der Waals surface area contributed by atoms with Crippen molar-refractivity contribution < 1.29 is 12.8 Å². The first kappa shape index (κ1) is 14.1. The van der Waals surface area contributed by atoms with Crippen molar-refractivity contribution in [2.45, 2.75) is 23.3 Å². The molecule has 0 aliphatic heterocycles. The Kier molecular flexibility index (Phi) is 3.45. The normalized spacial score (nSPS) is 21.0. The molecule has 5 heteroatoms. The summed E-state index contributed by atoms with van der Waals surface area (Å²) in [6.07, 6.45) is 2.13. The van der Waals surface area contributed by atoms with Crippen molar-refractivity contribution in [1.29, 1.82) is 0 Å².